The first-order valence-corrected chi connectivity index (χ1v) is 6.44. The molecule has 17 heavy (non-hydrogen) atoms. The summed E-state index contributed by atoms with van der Waals surface area (Å²) in [6.45, 7) is 4.43. The van der Waals surface area contributed by atoms with Crippen LogP contribution in [0.5, 0.6) is 0 Å². The SMILES string of the molecule is CC(C)(CCl)CNC(=O)c1cccc(Cl)c1Cl. The normalized spacial score (nSPS) is 11.4. The van der Waals surface area contributed by atoms with E-state index in [0.29, 0.717) is 23.0 Å². The second kappa shape index (κ2) is 5.94. The average Bonchev–Trinajstić information content (AvgIpc) is 2.30. The first kappa shape index (κ1) is 14.6. The molecule has 0 saturated heterocycles. The van der Waals surface area contributed by atoms with Crippen molar-refractivity contribution in [3.8, 4) is 0 Å². The van der Waals surface area contributed by atoms with E-state index < -0.39 is 0 Å². The van der Waals surface area contributed by atoms with E-state index in [4.69, 9.17) is 34.8 Å². The molecule has 1 aromatic rings. The number of hydrogen-bond donors (Lipinski definition) is 1. The maximum Gasteiger partial charge on any atom is 0.252 e. The highest BCUT2D eigenvalue weighted by atomic mass is 35.5. The van der Waals surface area contributed by atoms with Gasteiger partial charge in [0.1, 0.15) is 0 Å². The molecule has 0 aliphatic rings. The van der Waals surface area contributed by atoms with Gasteiger partial charge in [-0.1, -0.05) is 43.1 Å². The molecular weight excluding hydrogens is 280 g/mol. The molecule has 94 valence electrons. The number of hydrogen-bond acceptors (Lipinski definition) is 1. The summed E-state index contributed by atoms with van der Waals surface area (Å²) in [6, 6.07) is 4.97. The Bertz CT molecular complexity index is 418. The molecule has 0 bridgehead atoms. The van der Waals surface area contributed by atoms with Crippen LogP contribution < -0.4 is 5.32 Å². The highest BCUT2D eigenvalue weighted by Gasteiger charge is 2.19. The van der Waals surface area contributed by atoms with Crippen molar-refractivity contribution in [3.05, 3.63) is 33.8 Å². The van der Waals surface area contributed by atoms with E-state index in [9.17, 15) is 4.79 Å². The lowest BCUT2D eigenvalue weighted by Gasteiger charge is -2.21. The Hall–Kier alpha value is -0.440. The molecule has 1 rings (SSSR count). The molecule has 0 aromatic heterocycles. The molecule has 0 unspecified atom stereocenters. The predicted octanol–water partition coefficient (Wildman–Crippen LogP) is 3.99. The van der Waals surface area contributed by atoms with Crippen molar-refractivity contribution in [3.63, 3.8) is 0 Å². The van der Waals surface area contributed by atoms with E-state index in [2.05, 4.69) is 5.32 Å². The zero-order valence-electron chi connectivity index (χ0n) is 9.69. The zero-order chi connectivity index (χ0) is 13.1. The Kier molecular flexibility index (Phi) is 5.11. The van der Waals surface area contributed by atoms with Gasteiger partial charge in [-0.05, 0) is 17.5 Å². The fourth-order valence-corrected chi connectivity index (χ4v) is 1.62. The molecule has 1 N–H and O–H groups in total. The standard InChI is InChI=1S/C12H14Cl3NO/c1-12(2,6-13)7-16-11(17)8-4-3-5-9(14)10(8)15/h3-5H,6-7H2,1-2H3,(H,16,17). The summed E-state index contributed by atoms with van der Waals surface area (Å²) in [5.74, 6) is 0.229. The lowest BCUT2D eigenvalue weighted by molar-refractivity contribution is 0.0940. The van der Waals surface area contributed by atoms with Crippen molar-refractivity contribution >= 4 is 40.7 Å². The molecule has 1 aromatic carbocycles. The molecule has 0 heterocycles. The second-order valence-corrected chi connectivity index (χ2v) is 5.63. The molecule has 0 atom stereocenters. The van der Waals surface area contributed by atoms with Crippen LogP contribution in [0.2, 0.25) is 10.0 Å². The van der Waals surface area contributed by atoms with E-state index in [-0.39, 0.29) is 16.3 Å². The molecule has 1 amide bonds. The third-order valence-electron chi connectivity index (χ3n) is 2.29. The third kappa shape index (κ3) is 4.06. The minimum atomic E-state index is -0.240. The van der Waals surface area contributed by atoms with E-state index in [1.807, 2.05) is 13.8 Å². The molecule has 0 spiro atoms. The quantitative estimate of drug-likeness (QED) is 0.836. The monoisotopic (exact) mass is 293 g/mol. The van der Waals surface area contributed by atoms with Crippen LogP contribution in [0.4, 0.5) is 0 Å². The third-order valence-corrected chi connectivity index (χ3v) is 3.83. The topological polar surface area (TPSA) is 29.1 Å². The number of rotatable bonds is 4. The van der Waals surface area contributed by atoms with E-state index in [1.54, 1.807) is 18.2 Å². The fourth-order valence-electron chi connectivity index (χ4n) is 1.14. The van der Waals surface area contributed by atoms with Gasteiger partial charge in [0.2, 0.25) is 0 Å². The smallest absolute Gasteiger partial charge is 0.252 e. The summed E-state index contributed by atoms with van der Waals surface area (Å²) in [5, 5.41) is 3.44. The first-order valence-electron chi connectivity index (χ1n) is 5.15. The first-order chi connectivity index (χ1) is 7.87. The van der Waals surface area contributed by atoms with Gasteiger partial charge >= 0.3 is 0 Å². The van der Waals surface area contributed by atoms with Crippen molar-refractivity contribution in [2.75, 3.05) is 12.4 Å². The molecular formula is C12H14Cl3NO. The summed E-state index contributed by atoms with van der Waals surface area (Å²) < 4.78 is 0. The summed E-state index contributed by atoms with van der Waals surface area (Å²) in [6.07, 6.45) is 0. The fraction of sp³-hybridized carbons (Fsp3) is 0.417. The van der Waals surface area contributed by atoms with Gasteiger partial charge in [0.05, 0.1) is 15.6 Å². The number of carbonyl (C=O) groups excluding carboxylic acids is 1. The van der Waals surface area contributed by atoms with Gasteiger partial charge in [0.15, 0.2) is 0 Å². The lowest BCUT2D eigenvalue weighted by atomic mass is 9.96. The van der Waals surface area contributed by atoms with Crippen LogP contribution in [-0.4, -0.2) is 18.3 Å². The Morgan fingerprint density at radius 2 is 2.00 bits per heavy atom. The van der Waals surface area contributed by atoms with Gasteiger partial charge in [0, 0.05) is 12.4 Å². The Morgan fingerprint density at radius 3 is 2.59 bits per heavy atom. The van der Waals surface area contributed by atoms with Crippen LogP contribution in [0.25, 0.3) is 0 Å². The number of nitrogens with one attached hydrogen (secondary N) is 1. The van der Waals surface area contributed by atoms with Crippen LogP contribution in [-0.2, 0) is 0 Å². The number of halogens is 3. The van der Waals surface area contributed by atoms with Crippen LogP contribution >= 0.6 is 34.8 Å². The number of carbonyl (C=O) groups is 1. The van der Waals surface area contributed by atoms with Gasteiger partial charge in [0.25, 0.3) is 5.91 Å². The Morgan fingerprint density at radius 1 is 1.35 bits per heavy atom. The molecule has 0 aliphatic heterocycles. The molecule has 0 saturated carbocycles. The summed E-state index contributed by atoms with van der Waals surface area (Å²) in [7, 11) is 0. The van der Waals surface area contributed by atoms with Crippen molar-refractivity contribution in [2.24, 2.45) is 5.41 Å². The highest BCUT2D eigenvalue weighted by Crippen LogP contribution is 2.25. The van der Waals surface area contributed by atoms with Gasteiger partial charge in [-0.25, -0.2) is 0 Å². The van der Waals surface area contributed by atoms with E-state index in [1.165, 1.54) is 0 Å². The highest BCUT2D eigenvalue weighted by molar-refractivity contribution is 6.43. The lowest BCUT2D eigenvalue weighted by Crippen LogP contribution is -2.35. The Labute approximate surface area is 116 Å². The van der Waals surface area contributed by atoms with E-state index in [0.717, 1.165) is 0 Å². The minimum Gasteiger partial charge on any atom is -0.351 e. The molecule has 5 heteroatoms. The van der Waals surface area contributed by atoms with Gasteiger partial charge in [-0.3, -0.25) is 4.79 Å². The Balaban J connectivity index is 2.74. The van der Waals surface area contributed by atoms with Gasteiger partial charge in [-0.2, -0.15) is 0 Å². The van der Waals surface area contributed by atoms with Gasteiger partial charge < -0.3 is 5.32 Å². The summed E-state index contributed by atoms with van der Waals surface area (Å²) in [5.41, 5.74) is 0.229. The van der Waals surface area contributed by atoms with Crippen LogP contribution in [0.1, 0.15) is 24.2 Å². The number of alkyl halides is 1. The molecule has 0 aliphatic carbocycles. The molecule has 0 fully saturated rings. The van der Waals surface area contributed by atoms with Crippen molar-refractivity contribution in [2.45, 2.75) is 13.8 Å². The maximum absolute atomic E-state index is 11.9. The number of amides is 1. The maximum atomic E-state index is 11.9. The predicted molar refractivity (Wildman–Crippen MR) is 73.3 cm³/mol. The molecule has 0 radical (unpaired) electrons. The van der Waals surface area contributed by atoms with E-state index >= 15 is 0 Å². The summed E-state index contributed by atoms with van der Waals surface area (Å²) in [4.78, 5) is 11.9. The van der Waals surface area contributed by atoms with Crippen LogP contribution in [0, 0.1) is 5.41 Å². The molecule has 2 nitrogen and oxygen atoms in total. The van der Waals surface area contributed by atoms with Crippen molar-refractivity contribution in [1.82, 2.24) is 5.32 Å². The average molecular weight is 295 g/mol. The largest absolute Gasteiger partial charge is 0.351 e. The number of benzene rings is 1. The van der Waals surface area contributed by atoms with Crippen LogP contribution in [0.15, 0.2) is 18.2 Å². The second-order valence-electron chi connectivity index (χ2n) is 4.58. The summed E-state index contributed by atoms with van der Waals surface area (Å²) >= 11 is 17.6. The van der Waals surface area contributed by atoms with Crippen molar-refractivity contribution < 1.29 is 4.79 Å². The van der Waals surface area contributed by atoms with Gasteiger partial charge in [-0.15, -0.1) is 11.6 Å². The van der Waals surface area contributed by atoms with Crippen LogP contribution in [0.3, 0.4) is 0 Å². The zero-order valence-corrected chi connectivity index (χ0v) is 12.0. The van der Waals surface area contributed by atoms with Crippen molar-refractivity contribution in [1.29, 1.82) is 0 Å². The minimum absolute atomic E-state index is 0.151.